The van der Waals surface area contributed by atoms with Crippen LogP contribution in [0.5, 0.6) is 0 Å². The van der Waals surface area contributed by atoms with E-state index in [1.807, 2.05) is 13.8 Å². The second-order valence-electron chi connectivity index (χ2n) is 9.99. The second kappa shape index (κ2) is 10.4. The molecule has 3 heterocycles. The number of hydrogen-bond donors (Lipinski definition) is 2. The van der Waals surface area contributed by atoms with Crippen molar-refractivity contribution in [3.05, 3.63) is 12.7 Å². The Balaban J connectivity index is 2.07. The number of amides is 2. The number of fused-ring (bicyclic) bond motifs is 1. The number of aliphatic hydroxyl groups excluding tert-OH is 1. The van der Waals surface area contributed by atoms with Crippen LogP contribution in [-0.4, -0.2) is 86.1 Å². The summed E-state index contributed by atoms with van der Waals surface area (Å²) in [6.45, 7) is 10.4. The van der Waals surface area contributed by atoms with Gasteiger partial charge in [0.2, 0.25) is 11.8 Å². The number of carboxylic acids is 1. The Morgan fingerprint density at radius 3 is 2.64 bits per heavy atom. The third-order valence-electron chi connectivity index (χ3n) is 7.29. The zero-order valence-electron chi connectivity index (χ0n) is 19.8. The molecule has 9 heteroatoms. The van der Waals surface area contributed by atoms with Gasteiger partial charge < -0.3 is 24.7 Å². The number of alkyl halides is 1. The third kappa shape index (κ3) is 4.48. The monoisotopic (exact) mass is 528 g/mol. The summed E-state index contributed by atoms with van der Waals surface area (Å²) in [7, 11) is 0. The van der Waals surface area contributed by atoms with Crippen LogP contribution in [0.25, 0.3) is 0 Å². The maximum absolute atomic E-state index is 14.1. The van der Waals surface area contributed by atoms with Crippen molar-refractivity contribution < 1.29 is 29.3 Å². The molecule has 3 saturated heterocycles. The lowest BCUT2D eigenvalue weighted by atomic mass is 9.70. The van der Waals surface area contributed by atoms with Crippen LogP contribution in [0.1, 0.15) is 52.9 Å². The lowest BCUT2D eigenvalue weighted by Gasteiger charge is -2.39. The van der Waals surface area contributed by atoms with Gasteiger partial charge in [0.1, 0.15) is 11.6 Å². The molecule has 3 aliphatic rings. The van der Waals surface area contributed by atoms with Crippen molar-refractivity contribution in [2.75, 3.05) is 19.7 Å². The first kappa shape index (κ1) is 26.2. The van der Waals surface area contributed by atoms with Gasteiger partial charge in [-0.2, -0.15) is 0 Å². The first-order chi connectivity index (χ1) is 15.6. The largest absolute Gasteiger partial charge is 0.481 e. The van der Waals surface area contributed by atoms with Gasteiger partial charge in [-0.1, -0.05) is 55.6 Å². The van der Waals surface area contributed by atoms with Crippen LogP contribution in [0.2, 0.25) is 0 Å². The average Bonchev–Trinajstić information content (AvgIpc) is 3.34. The van der Waals surface area contributed by atoms with Crippen molar-refractivity contribution in [1.82, 2.24) is 9.80 Å². The number of nitrogens with zero attached hydrogens (tertiary/aromatic N) is 2. The minimum atomic E-state index is -1.22. The normalized spacial score (nSPS) is 33.5. The van der Waals surface area contributed by atoms with E-state index >= 15 is 0 Å². The summed E-state index contributed by atoms with van der Waals surface area (Å²) in [4.78, 5) is 43.0. The molecule has 3 aliphatic heterocycles. The molecule has 186 valence electrons. The Bertz CT molecular complexity index is 776. The molecule has 33 heavy (non-hydrogen) atoms. The van der Waals surface area contributed by atoms with Crippen molar-refractivity contribution in [1.29, 1.82) is 0 Å². The van der Waals surface area contributed by atoms with E-state index in [0.29, 0.717) is 25.9 Å². The predicted molar refractivity (Wildman–Crippen MR) is 127 cm³/mol. The van der Waals surface area contributed by atoms with E-state index in [9.17, 15) is 24.6 Å². The topological polar surface area (TPSA) is 107 Å². The lowest BCUT2D eigenvalue weighted by molar-refractivity contribution is -0.153. The molecule has 3 unspecified atom stereocenters. The highest BCUT2D eigenvalue weighted by atomic mass is 79.9. The molecule has 0 aromatic rings. The summed E-state index contributed by atoms with van der Waals surface area (Å²) in [5.74, 6) is -3.53. The molecule has 0 aromatic carbocycles. The first-order valence-corrected chi connectivity index (χ1v) is 12.9. The van der Waals surface area contributed by atoms with E-state index in [4.69, 9.17) is 4.74 Å². The highest BCUT2D eigenvalue weighted by Gasteiger charge is 2.77. The summed E-state index contributed by atoms with van der Waals surface area (Å²) in [6.07, 6.45) is 4.68. The van der Waals surface area contributed by atoms with Gasteiger partial charge in [0.05, 0.1) is 30.6 Å². The Morgan fingerprint density at radius 1 is 1.39 bits per heavy atom. The number of carbonyl (C=O) groups is 3. The van der Waals surface area contributed by atoms with Crippen LogP contribution in [0, 0.1) is 17.8 Å². The van der Waals surface area contributed by atoms with E-state index < -0.39 is 47.5 Å². The van der Waals surface area contributed by atoms with E-state index in [1.165, 1.54) is 4.90 Å². The molecule has 0 saturated carbocycles. The molecular weight excluding hydrogens is 492 g/mol. The second-order valence-corrected chi connectivity index (χ2v) is 11.2. The van der Waals surface area contributed by atoms with E-state index in [0.717, 1.165) is 19.3 Å². The van der Waals surface area contributed by atoms with E-state index in [2.05, 4.69) is 29.4 Å². The number of aliphatic carboxylic acids is 1. The van der Waals surface area contributed by atoms with Gasteiger partial charge >= 0.3 is 5.97 Å². The molecule has 8 nitrogen and oxygen atoms in total. The number of hydrogen-bond acceptors (Lipinski definition) is 5. The third-order valence-corrected chi connectivity index (χ3v) is 8.13. The number of unbranched alkanes of at least 4 members (excludes halogenated alkanes) is 2. The summed E-state index contributed by atoms with van der Waals surface area (Å²) in [5.41, 5.74) is -1.22. The molecule has 2 bridgehead atoms. The zero-order valence-corrected chi connectivity index (χ0v) is 21.4. The SMILES string of the molecule is C=CCN(CCCCC)C(=O)C1N([C@@H](CO)CC(C)C)C(=O)[C@@H]2[C@@H](C(=O)O)[C@@H]3OC12CC3Br. The summed E-state index contributed by atoms with van der Waals surface area (Å²) < 4.78 is 6.31. The van der Waals surface area contributed by atoms with Gasteiger partial charge in [-0.05, 0) is 25.2 Å². The van der Waals surface area contributed by atoms with Crippen LogP contribution < -0.4 is 0 Å². The fraction of sp³-hybridized carbons (Fsp3) is 0.792. The predicted octanol–water partition coefficient (Wildman–Crippen LogP) is 2.43. The fourth-order valence-corrected chi connectivity index (χ4v) is 6.96. The molecular formula is C24H37BrN2O6. The van der Waals surface area contributed by atoms with Crippen molar-refractivity contribution in [3.63, 3.8) is 0 Å². The smallest absolute Gasteiger partial charge is 0.310 e. The number of aliphatic hydroxyl groups is 1. The van der Waals surface area contributed by atoms with Crippen molar-refractivity contribution in [2.45, 2.75) is 81.5 Å². The minimum absolute atomic E-state index is 0.175. The standard InChI is InChI=1S/C24H37BrN2O6/c1-5-7-8-10-26(9-6-2)22(30)20-24-12-16(25)19(33-24)17(23(31)32)18(24)21(29)27(20)15(13-28)11-14(3)4/h6,14-20,28H,2,5,7-13H2,1,3-4H3,(H,31,32)/t15-,16?,17-,18+,19-,20?,24?/m1/s1. The van der Waals surface area contributed by atoms with Crippen LogP contribution >= 0.6 is 15.9 Å². The number of rotatable bonds is 12. The van der Waals surface area contributed by atoms with E-state index in [1.54, 1.807) is 11.0 Å². The summed E-state index contributed by atoms with van der Waals surface area (Å²) >= 11 is 3.56. The molecule has 0 aromatic heterocycles. The zero-order chi connectivity index (χ0) is 24.5. The number of likely N-dealkylation sites (tertiary alicyclic amines) is 1. The summed E-state index contributed by atoms with van der Waals surface area (Å²) in [6, 6.07) is -1.56. The Labute approximate surface area is 204 Å². The number of ether oxygens (including phenoxy) is 1. The van der Waals surface area contributed by atoms with Gasteiger partial charge in [-0.3, -0.25) is 14.4 Å². The maximum Gasteiger partial charge on any atom is 0.310 e. The molecule has 3 rings (SSSR count). The van der Waals surface area contributed by atoms with Crippen LogP contribution in [-0.2, 0) is 19.1 Å². The molecule has 2 N–H and O–H groups in total. The average molecular weight is 529 g/mol. The highest BCUT2D eigenvalue weighted by molar-refractivity contribution is 9.09. The first-order valence-electron chi connectivity index (χ1n) is 12.0. The molecule has 1 spiro atoms. The van der Waals surface area contributed by atoms with Crippen molar-refractivity contribution in [2.24, 2.45) is 17.8 Å². The fourth-order valence-electron chi connectivity index (χ4n) is 6.02. The van der Waals surface area contributed by atoms with Gasteiger partial charge in [0.25, 0.3) is 0 Å². The van der Waals surface area contributed by atoms with Gasteiger partial charge in [0, 0.05) is 17.9 Å². The maximum atomic E-state index is 14.1. The van der Waals surface area contributed by atoms with Gasteiger partial charge in [-0.15, -0.1) is 6.58 Å². The Hall–Kier alpha value is -1.45. The van der Waals surface area contributed by atoms with Gasteiger partial charge in [0.15, 0.2) is 0 Å². The molecule has 7 atom stereocenters. The van der Waals surface area contributed by atoms with Crippen LogP contribution in [0.4, 0.5) is 0 Å². The molecule has 0 radical (unpaired) electrons. The van der Waals surface area contributed by atoms with Crippen LogP contribution in [0.15, 0.2) is 12.7 Å². The van der Waals surface area contributed by atoms with Crippen LogP contribution in [0.3, 0.4) is 0 Å². The van der Waals surface area contributed by atoms with Crippen molar-refractivity contribution >= 4 is 33.7 Å². The highest BCUT2D eigenvalue weighted by Crippen LogP contribution is 2.60. The lowest BCUT2D eigenvalue weighted by Crippen LogP contribution is -2.59. The Morgan fingerprint density at radius 2 is 2.09 bits per heavy atom. The molecule has 0 aliphatic carbocycles. The molecule has 3 fully saturated rings. The molecule has 2 amide bonds. The Kier molecular flexibility index (Phi) is 8.28. The van der Waals surface area contributed by atoms with E-state index in [-0.39, 0.29) is 23.3 Å². The van der Waals surface area contributed by atoms with Crippen molar-refractivity contribution in [3.8, 4) is 0 Å². The summed E-state index contributed by atoms with van der Waals surface area (Å²) in [5, 5.41) is 20.2. The minimum Gasteiger partial charge on any atom is -0.481 e. The van der Waals surface area contributed by atoms with Gasteiger partial charge in [-0.25, -0.2) is 0 Å². The number of halogens is 1. The quantitative estimate of drug-likeness (QED) is 0.229. The number of carbonyl (C=O) groups excluding carboxylic acids is 2. The number of carboxylic acid groups (broad SMARTS) is 1.